The van der Waals surface area contributed by atoms with Crippen molar-refractivity contribution in [3.8, 4) is 5.75 Å². The van der Waals surface area contributed by atoms with Gasteiger partial charge in [0, 0.05) is 16.7 Å². The second-order valence-corrected chi connectivity index (χ2v) is 8.88. The van der Waals surface area contributed by atoms with Gasteiger partial charge in [0.2, 0.25) is 0 Å². The van der Waals surface area contributed by atoms with Crippen molar-refractivity contribution in [3.05, 3.63) is 77.0 Å². The van der Waals surface area contributed by atoms with E-state index in [1.54, 1.807) is 76.4 Å². The van der Waals surface area contributed by atoms with E-state index >= 15 is 0 Å². The molecule has 2 heterocycles. The first-order valence-electron chi connectivity index (χ1n) is 10.8. The average Bonchev–Trinajstić information content (AvgIpc) is 3.39. The smallest absolute Gasteiger partial charge is 0.410 e. The average molecular weight is 463 g/mol. The molecule has 0 aliphatic carbocycles. The van der Waals surface area contributed by atoms with Crippen LogP contribution in [0.4, 0.5) is 10.6 Å². The van der Waals surface area contributed by atoms with Crippen molar-refractivity contribution < 1.29 is 23.9 Å². The summed E-state index contributed by atoms with van der Waals surface area (Å²) in [7, 11) is 1.55. The largest absolute Gasteiger partial charge is 0.497 e. The number of anilines is 1. The van der Waals surface area contributed by atoms with Crippen LogP contribution in [0.15, 0.2) is 54.6 Å². The van der Waals surface area contributed by atoms with Crippen LogP contribution in [0, 0.1) is 0 Å². The van der Waals surface area contributed by atoms with Gasteiger partial charge >= 0.3 is 6.09 Å². The molecule has 4 rings (SSSR count). The van der Waals surface area contributed by atoms with Crippen LogP contribution in [0.5, 0.6) is 5.75 Å². The predicted molar refractivity (Wildman–Crippen MR) is 125 cm³/mol. The fourth-order valence-corrected chi connectivity index (χ4v) is 3.59. The number of ether oxygens (including phenoxy) is 2. The van der Waals surface area contributed by atoms with Gasteiger partial charge in [0.25, 0.3) is 11.8 Å². The number of amides is 2. The van der Waals surface area contributed by atoms with Crippen LogP contribution in [0.25, 0.3) is 0 Å². The summed E-state index contributed by atoms with van der Waals surface area (Å²) in [6.07, 6.45) is -0.505. The van der Waals surface area contributed by atoms with Crippen molar-refractivity contribution in [3.63, 3.8) is 0 Å². The van der Waals surface area contributed by atoms with Gasteiger partial charge in [-0.3, -0.25) is 14.5 Å². The lowest BCUT2D eigenvalue weighted by Gasteiger charge is -2.24. The van der Waals surface area contributed by atoms with Crippen molar-refractivity contribution in [2.45, 2.75) is 39.5 Å². The molecule has 1 aromatic heterocycles. The first-order valence-corrected chi connectivity index (χ1v) is 10.8. The van der Waals surface area contributed by atoms with Gasteiger partial charge in [-0.15, -0.1) is 5.10 Å². The molecule has 0 atom stereocenters. The SMILES string of the molecule is COc1ccc(C(=O)Nc2nn(C(=O)c3ccccc3)c3c2CN(C(=O)OC(C)(C)C)C3)cc1. The highest BCUT2D eigenvalue weighted by Crippen LogP contribution is 2.31. The number of fused-ring (bicyclic) bond motifs is 1. The van der Waals surface area contributed by atoms with Gasteiger partial charge < -0.3 is 14.8 Å². The maximum absolute atomic E-state index is 13.2. The Bertz CT molecular complexity index is 1230. The molecule has 2 aromatic carbocycles. The summed E-state index contributed by atoms with van der Waals surface area (Å²) in [6, 6.07) is 15.3. The summed E-state index contributed by atoms with van der Waals surface area (Å²) in [5.41, 5.74) is 1.31. The van der Waals surface area contributed by atoms with E-state index in [9.17, 15) is 14.4 Å². The number of nitrogens with zero attached hydrogens (tertiary/aromatic N) is 3. The summed E-state index contributed by atoms with van der Waals surface area (Å²) in [4.78, 5) is 40.2. The Labute approximate surface area is 197 Å². The van der Waals surface area contributed by atoms with Gasteiger partial charge in [-0.2, -0.15) is 4.68 Å². The lowest BCUT2D eigenvalue weighted by Crippen LogP contribution is -2.34. The van der Waals surface area contributed by atoms with Gasteiger partial charge in [-0.25, -0.2) is 4.79 Å². The van der Waals surface area contributed by atoms with Crippen LogP contribution >= 0.6 is 0 Å². The Morgan fingerprint density at radius 2 is 1.62 bits per heavy atom. The fraction of sp³-hybridized carbons (Fsp3) is 0.280. The number of aromatic nitrogens is 2. The molecule has 176 valence electrons. The third-order valence-electron chi connectivity index (χ3n) is 5.23. The molecule has 2 amide bonds. The van der Waals surface area contributed by atoms with E-state index in [0.717, 1.165) is 0 Å². The van der Waals surface area contributed by atoms with Crippen LogP contribution in [0.1, 0.15) is 52.7 Å². The molecule has 0 radical (unpaired) electrons. The second-order valence-electron chi connectivity index (χ2n) is 8.88. The summed E-state index contributed by atoms with van der Waals surface area (Å²) in [5.74, 6) is 0.111. The zero-order chi connectivity index (χ0) is 24.5. The van der Waals surface area contributed by atoms with Gasteiger partial charge in [0.15, 0.2) is 5.82 Å². The molecule has 0 fully saturated rings. The number of nitrogens with one attached hydrogen (secondary N) is 1. The van der Waals surface area contributed by atoms with Crippen LogP contribution in [-0.4, -0.2) is 45.3 Å². The number of hydrogen-bond donors (Lipinski definition) is 1. The first kappa shape index (κ1) is 23.0. The molecular weight excluding hydrogens is 436 g/mol. The third kappa shape index (κ3) is 4.78. The molecule has 1 N–H and O–H groups in total. The molecular formula is C25H26N4O5. The van der Waals surface area contributed by atoms with Crippen molar-refractivity contribution in [1.29, 1.82) is 0 Å². The quantitative estimate of drug-likeness (QED) is 0.627. The minimum Gasteiger partial charge on any atom is -0.497 e. The molecule has 0 bridgehead atoms. The number of rotatable bonds is 4. The van der Waals surface area contributed by atoms with E-state index in [1.807, 2.05) is 6.07 Å². The van der Waals surface area contributed by atoms with E-state index in [2.05, 4.69) is 10.4 Å². The Morgan fingerprint density at radius 1 is 0.941 bits per heavy atom. The zero-order valence-corrected chi connectivity index (χ0v) is 19.5. The molecule has 34 heavy (non-hydrogen) atoms. The summed E-state index contributed by atoms with van der Waals surface area (Å²) in [5, 5.41) is 7.20. The van der Waals surface area contributed by atoms with Crippen LogP contribution < -0.4 is 10.1 Å². The number of methoxy groups -OCH3 is 1. The lowest BCUT2D eigenvalue weighted by molar-refractivity contribution is 0.0238. The summed E-state index contributed by atoms with van der Waals surface area (Å²) in [6.45, 7) is 5.65. The first-order chi connectivity index (χ1) is 16.2. The van der Waals surface area contributed by atoms with Crippen LogP contribution in [-0.2, 0) is 17.8 Å². The molecule has 0 unspecified atom stereocenters. The highest BCUT2D eigenvalue weighted by molar-refractivity contribution is 6.04. The molecule has 0 saturated heterocycles. The van der Waals surface area contributed by atoms with Crippen molar-refractivity contribution in [2.75, 3.05) is 12.4 Å². The fourth-order valence-electron chi connectivity index (χ4n) is 3.59. The van der Waals surface area contributed by atoms with Gasteiger partial charge in [0.05, 0.1) is 25.9 Å². The Balaban J connectivity index is 1.65. The topological polar surface area (TPSA) is 103 Å². The number of carbonyl (C=O) groups is 3. The van der Waals surface area contributed by atoms with Gasteiger partial charge in [0.1, 0.15) is 11.4 Å². The summed E-state index contributed by atoms with van der Waals surface area (Å²) >= 11 is 0. The van der Waals surface area contributed by atoms with Crippen molar-refractivity contribution in [1.82, 2.24) is 14.7 Å². The van der Waals surface area contributed by atoms with E-state index in [1.165, 1.54) is 9.58 Å². The monoisotopic (exact) mass is 462 g/mol. The van der Waals surface area contributed by atoms with E-state index < -0.39 is 17.6 Å². The van der Waals surface area contributed by atoms with Gasteiger partial charge in [-0.05, 0) is 57.2 Å². The maximum atomic E-state index is 13.2. The van der Waals surface area contributed by atoms with E-state index in [0.29, 0.717) is 28.1 Å². The minimum absolute atomic E-state index is 0.133. The molecule has 0 spiro atoms. The third-order valence-corrected chi connectivity index (χ3v) is 5.23. The normalized spacial score (nSPS) is 12.8. The lowest BCUT2D eigenvalue weighted by atomic mass is 10.2. The molecule has 9 heteroatoms. The second kappa shape index (κ2) is 9.01. The minimum atomic E-state index is -0.664. The number of benzene rings is 2. The molecule has 1 aliphatic heterocycles. The molecule has 1 aliphatic rings. The zero-order valence-electron chi connectivity index (χ0n) is 19.5. The highest BCUT2D eigenvalue weighted by Gasteiger charge is 2.35. The van der Waals surface area contributed by atoms with Crippen molar-refractivity contribution in [2.24, 2.45) is 0 Å². The van der Waals surface area contributed by atoms with Crippen molar-refractivity contribution >= 4 is 23.7 Å². The standard InChI is InChI=1S/C25H26N4O5/c1-25(2,3)34-24(32)28-14-19-20(15-28)29(23(31)17-8-6-5-7-9-17)27-21(19)26-22(30)16-10-12-18(33-4)13-11-16/h5-13H,14-15H2,1-4H3,(H,26,27,30). The van der Waals surface area contributed by atoms with E-state index in [-0.39, 0.29) is 24.8 Å². The summed E-state index contributed by atoms with van der Waals surface area (Å²) < 4.78 is 11.9. The number of carbonyl (C=O) groups excluding carboxylic acids is 3. The van der Waals surface area contributed by atoms with Gasteiger partial charge in [-0.1, -0.05) is 18.2 Å². The highest BCUT2D eigenvalue weighted by atomic mass is 16.6. The molecule has 3 aromatic rings. The maximum Gasteiger partial charge on any atom is 0.410 e. The Hall–Kier alpha value is -4.14. The predicted octanol–water partition coefficient (Wildman–Crippen LogP) is 4.08. The van der Waals surface area contributed by atoms with Crippen LogP contribution in [0.3, 0.4) is 0 Å². The Kier molecular flexibility index (Phi) is 6.10. The Morgan fingerprint density at radius 3 is 2.24 bits per heavy atom. The number of hydrogen-bond acceptors (Lipinski definition) is 6. The molecule has 9 nitrogen and oxygen atoms in total. The molecule has 0 saturated carbocycles. The van der Waals surface area contributed by atoms with Crippen LogP contribution in [0.2, 0.25) is 0 Å². The van der Waals surface area contributed by atoms with E-state index in [4.69, 9.17) is 9.47 Å².